The second kappa shape index (κ2) is 20.9. The Labute approximate surface area is 174 Å². The Morgan fingerprint density at radius 1 is 0.640 bits per heavy atom. The summed E-state index contributed by atoms with van der Waals surface area (Å²) in [5.41, 5.74) is 0. The molecule has 25 heavy (non-hydrogen) atoms. The van der Waals surface area contributed by atoms with E-state index in [9.17, 15) is 4.79 Å². The van der Waals surface area contributed by atoms with Crippen molar-refractivity contribution in [3.63, 3.8) is 0 Å². The zero-order valence-electron chi connectivity index (χ0n) is 15.7. The number of hydrogen-bond acceptors (Lipinski definition) is 1. The number of aliphatic carboxylic acids is 1. The van der Waals surface area contributed by atoms with E-state index in [0.29, 0.717) is 6.42 Å². The van der Waals surface area contributed by atoms with E-state index >= 15 is 0 Å². The van der Waals surface area contributed by atoms with Gasteiger partial charge in [0, 0.05) is 6.42 Å². The summed E-state index contributed by atoms with van der Waals surface area (Å²) < 4.78 is -1.61. The number of unbranched alkanes of at least 4 members (excludes halogenated alkanes) is 14. The van der Waals surface area contributed by atoms with Gasteiger partial charge in [-0.25, -0.2) is 0 Å². The summed E-state index contributed by atoms with van der Waals surface area (Å²) in [7, 11) is 0. The Bertz CT molecular complexity index is 275. The van der Waals surface area contributed by atoms with E-state index in [1.165, 1.54) is 83.5 Å². The molecular weight excluding hydrogens is 402 g/mol. The summed E-state index contributed by atoms with van der Waals surface area (Å²) >= 11 is 19.3. The summed E-state index contributed by atoms with van der Waals surface area (Å²) in [6.45, 7) is 2.27. The third-order valence-electron chi connectivity index (χ3n) is 3.99. The number of hydrogen-bond donors (Lipinski definition) is 1. The van der Waals surface area contributed by atoms with Crippen LogP contribution in [0.2, 0.25) is 0 Å². The molecule has 0 aromatic heterocycles. The molecule has 1 N–H and O–H groups in total. The highest BCUT2D eigenvalue weighted by Gasteiger charge is 2.11. The van der Waals surface area contributed by atoms with E-state index in [1.807, 2.05) is 0 Å². The van der Waals surface area contributed by atoms with Gasteiger partial charge >= 0.3 is 5.97 Å². The number of rotatable bonds is 16. The van der Waals surface area contributed by atoms with Crippen LogP contribution in [-0.4, -0.2) is 14.3 Å². The fraction of sp³-hybridized carbons (Fsp3) is 0.947. The van der Waals surface area contributed by atoms with Crippen LogP contribution in [0.15, 0.2) is 0 Å². The van der Waals surface area contributed by atoms with Crippen molar-refractivity contribution in [1.29, 1.82) is 0 Å². The van der Waals surface area contributed by atoms with Crippen LogP contribution >= 0.6 is 46.4 Å². The van der Waals surface area contributed by atoms with Crippen molar-refractivity contribution in [3.8, 4) is 0 Å². The predicted octanol–water partition coefficient (Wildman–Crippen LogP) is 8.89. The van der Waals surface area contributed by atoms with Crippen LogP contribution in [0.4, 0.5) is 0 Å². The van der Waals surface area contributed by atoms with Crippen molar-refractivity contribution in [3.05, 3.63) is 0 Å². The van der Waals surface area contributed by atoms with E-state index < -0.39 is 9.22 Å². The molecule has 0 aromatic rings. The van der Waals surface area contributed by atoms with Crippen LogP contribution < -0.4 is 0 Å². The molecule has 0 saturated carbocycles. The lowest BCUT2D eigenvalue weighted by molar-refractivity contribution is -0.137. The topological polar surface area (TPSA) is 37.3 Å². The van der Waals surface area contributed by atoms with Gasteiger partial charge < -0.3 is 5.11 Å². The molecule has 0 aromatic carbocycles. The lowest BCUT2D eigenvalue weighted by Gasteiger charge is -2.03. The Hall–Kier alpha value is 0.630. The Morgan fingerprint density at radius 3 is 1.12 bits per heavy atom. The molecule has 0 aliphatic carbocycles. The maximum atomic E-state index is 10.3. The zero-order valence-corrected chi connectivity index (χ0v) is 18.7. The lowest BCUT2D eigenvalue weighted by atomic mass is 10.0. The average molecular weight is 438 g/mol. The largest absolute Gasteiger partial charge is 0.481 e. The van der Waals surface area contributed by atoms with Crippen molar-refractivity contribution in [2.75, 3.05) is 0 Å². The lowest BCUT2D eigenvalue weighted by Crippen LogP contribution is -1.93. The van der Waals surface area contributed by atoms with Crippen LogP contribution in [0, 0.1) is 0 Å². The Morgan fingerprint density at radius 2 is 0.880 bits per heavy atom. The number of halogens is 4. The molecule has 0 aliphatic heterocycles. The van der Waals surface area contributed by atoms with Crippen LogP contribution in [0.5, 0.6) is 0 Å². The zero-order chi connectivity index (χ0) is 19.4. The Balaban J connectivity index is 0. The summed E-state index contributed by atoms with van der Waals surface area (Å²) in [6, 6.07) is 0. The molecule has 0 saturated heterocycles. The molecule has 0 bridgehead atoms. The highest BCUT2D eigenvalue weighted by molar-refractivity contribution is 6.83. The van der Waals surface area contributed by atoms with Gasteiger partial charge in [-0.3, -0.25) is 4.79 Å². The van der Waals surface area contributed by atoms with Crippen molar-refractivity contribution >= 4 is 52.4 Å². The Kier molecular flexibility index (Phi) is 23.3. The summed E-state index contributed by atoms with van der Waals surface area (Å²) in [5, 5.41) is 8.52. The first-order chi connectivity index (χ1) is 11.8. The van der Waals surface area contributed by atoms with E-state index in [0.717, 1.165) is 12.8 Å². The van der Waals surface area contributed by atoms with Crippen molar-refractivity contribution in [1.82, 2.24) is 0 Å². The van der Waals surface area contributed by atoms with Crippen LogP contribution in [0.3, 0.4) is 0 Å². The number of carboxylic acid groups (broad SMARTS) is 1. The minimum Gasteiger partial charge on any atom is -0.481 e. The van der Waals surface area contributed by atoms with Crippen molar-refractivity contribution in [2.24, 2.45) is 0 Å². The van der Waals surface area contributed by atoms with Gasteiger partial charge in [0.15, 0.2) is 0 Å². The molecule has 0 heterocycles. The summed E-state index contributed by atoms with van der Waals surface area (Å²) in [5.74, 6) is -0.653. The molecule has 0 spiro atoms. The molecular formula is C19H36Cl4O2. The maximum absolute atomic E-state index is 10.3. The van der Waals surface area contributed by atoms with Crippen LogP contribution in [-0.2, 0) is 4.79 Å². The predicted molar refractivity (Wildman–Crippen MR) is 113 cm³/mol. The van der Waals surface area contributed by atoms with Gasteiger partial charge in [-0.1, -0.05) is 143 Å². The number of carbonyl (C=O) groups is 1. The normalized spacial score (nSPS) is 11.1. The van der Waals surface area contributed by atoms with E-state index in [2.05, 4.69) is 6.92 Å². The molecule has 0 rings (SSSR count). The van der Waals surface area contributed by atoms with E-state index in [4.69, 9.17) is 51.5 Å². The SMILES string of the molecule is CCCCCCCCCCCCCCCCCC(=O)O.ClC(Cl)(Cl)Cl. The third-order valence-corrected chi connectivity index (χ3v) is 3.99. The van der Waals surface area contributed by atoms with Gasteiger partial charge in [-0.15, -0.1) is 0 Å². The molecule has 6 heteroatoms. The van der Waals surface area contributed by atoms with E-state index in [1.54, 1.807) is 0 Å². The smallest absolute Gasteiger partial charge is 0.303 e. The first-order valence-corrected chi connectivity index (χ1v) is 11.3. The fourth-order valence-corrected chi connectivity index (χ4v) is 2.65. The minimum absolute atomic E-state index is 0.345. The van der Waals surface area contributed by atoms with Gasteiger partial charge in [0.05, 0.1) is 0 Å². The molecule has 0 amide bonds. The summed E-state index contributed by atoms with van der Waals surface area (Å²) in [4.78, 5) is 10.3. The monoisotopic (exact) mass is 436 g/mol. The van der Waals surface area contributed by atoms with Gasteiger partial charge in [0.25, 0.3) is 3.25 Å². The fourth-order valence-electron chi connectivity index (χ4n) is 2.65. The molecule has 152 valence electrons. The van der Waals surface area contributed by atoms with E-state index in [-0.39, 0.29) is 0 Å². The maximum Gasteiger partial charge on any atom is 0.303 e. The van der Waals surface area contributed by atoms with Crippen molar-refractivity contribution in [2.45, 2.75) is 113 Å². The van der Waals surface area contributed by atoms with Crippen molar-refractivity contribution < 1.29 is 9.90 Å². The second-order valence-electron chi connectivity index (χ2n) is 6.52. The molecule has 0 aliphatic rings. The van der Waals surface area contributed by atoms with Gasteiger partial charge in [-0.05, 0) is 6.42 Å². The highest BCUT2D eigenvalue weighted by Crippen LogP contribution is 2.29. The standard InChI is InChI=1S/C18H36O2.CCl4/c1-2-3-4-5-6-7-8-9-10-11-12-13-14-15-16-17-18(19)20;2-1(3,4)5/h2-17H2,1H3,(H,19,20);. The number of carboxylic acids is 1. The number of alkyl halides is 4. The first kappa shape index (κ1) is 27.8. The van der Waals surface area contributed by atoms with Gasteiger partial charge in [0.2, 0.25) is 0 Å². The van der Waals surface area contributed by atoms with Crippen LogP contribution in [0.1, 0.15) is 110 Å². The minimum atomic E-state index is -1.61. The molecule has 0 atom stereocenters. The molecule has 0 fully saturated rings. The highest BCUT2D eigenvalue weighted by atomic mass is 35.6. The summed E-state index contributed by atoms with van der Waals surface area (Å²) in [6.07, 6.45) is 20.2. The average Bonchev–Trinajstić information content (AvgIpc) is 2.49. The quantitative estimate of drug-likeness (QED) is 0.193. The molecule has 0 radical (unpaired) electrons. The first-order valence-electron chi connectivity index (χ1n) is 9.74. The second-order valence-corrected chi connectivity index (χ2v) is 9.95. The van der Waals surface area contributed by atoms with Gasteiger partial charge in [-0.2, -0.15) is 0 Å². The van der Waals surface area contributed by atoms with Gasteiger partial charge in [0.1, 0.15) is 0 Å². The molecule has 2 nitrogen and oxygen atoms in total. The third kappa shape index (κ3) is 40.6. The van der Waals surface area contributed by atoms with Crippen LogP contribution in [0.25, 0.3) is 0 Å². The molecule has 0 unspecified atom stereocenters.